The highest BCUT2D eigenvalue weighted by Gasteiger charge is 2.11. The van der Waals surface area contributed by atoms with Crippen molar-refractivity contribution in [2.75, 3.05) is 19.5 Å². The first-order valence-electron chi connectivity index (χ1n) is 8.53. The Balaban J connectivity index is 2.14. The molecule has 0 saturated heterocycles. The summed E-state index contributed by atoms with van der Waals surface area (Å²) in [7, 11) is 1.68. The van der Waals surface area contributed by atoms with Crippen molar-refractivity contribution in [1.82, 2.24) is 9.55 Å². The fourth-order valence-corrected chi connectivity index (χ4v) is 3.51. The number of carbonyl (C=O) groups excluding carboxylic acids is 1. The Kier molecular flexibility index (Phi) is 7.94. The SMILES string of the molecule is COCCCSc1nc2ccccc2c(=O)n1CCCCCC(N)=O. The van der Waals surface area contributed by atoms with Crippen molar-refractivity contribution >= 4 is 28.6 Å². The molecule has 0 unspecified atom stereocenters. The Bertz CT molecular complexity index is 761. The van der Waals surface area contributed by atoms with Gasteiger partial charge in [0.15, 0.2) is 5.16 Å². The number of carbonyl (C=O) groups is 1. The zero-order chi connectivity index (χ0) is 18.1. The number of aromatic nitrogens is 2. The van der Waals surface area contributed by atoms with E-state index in [1.807, 2.05) is 24.3 Å². The molecular formula is C18H25N3O3S. The van der Waals surface area contributed by atoms with Crippen LogP contribution < -0.4 is 11.3 Å². The fourth-order valence-electron chi connectivity index (χ4n) is 2.57. The molecular weight excluding hydrogens is 338 g/mol. The molecule has 2 aromatic rings. The average Bonchev–Trinajstić information content (AvgIpc) is 2.60. The number of unbranched alkanes of at least 4 members (excludes halogenated alkanes) is 2. The second-order valence-electron chi connectivity index (χ2n) is 5.84. The summed E-state index contributed by atoms with van der Waals surface area (Å²) < 4.78 is 6.83. The molecule has 2 N–H and O–H groups in total. The standard InChI is InChI=1S/C18H25N3O3S/c1-24-12-7-13-25-18-20-15-9-5-4-8-14(15)17(23)21(18)11-6-2-3-10-16(19)22/h4-5,8-9H,2-3,6-7,10-13H2,1H3,(H2,19,22). The number of methoxy groups -OCH3 is 1. The second-order valence-corrected chi connectivity index (χ2v) is 6.90. The highest BCUT2D eigenvalue weighted by Crippen LogP contribution is 2.19. The Morgan fingerprint density at radius 1 is 1.24 bits per heavy atom. The molecule has 0 atom stereocenters. The number of hydrogen-bond donors (Lipinski definition) is 1. The van der Waals surface area contributed by atoms with Crippen LogP contribution in [0, 0.1) is 0 Å². The van der Waals surface area contributed by atoms with Gasteiger partial charge in [-0.3, -0.25) is 14.2 Å². The summed E-state index contributed by atoms with van der Waals surface area (Å²) >= 11 is 1.58. The third-order valence-electron chi connectivity index (χ3n) is 3.86. The van der Waals surface area contributed by atoms with E-state index in [2.05, 4.69) is 4.98 Å². The van der Waals surface area contributed by atoms with Gasteiger partial charge >= 0.3 is 0 Å². The third-order valence-corrected chi connectivity index (χ3v) is 4.92. The van der Waals surface area contributed by atoms with E-state index in [1.165, 1.54) is 0 Å². The zero-order valence-corrected chi connectivity index (χ0v) is 15.4. The van der Waals surface area contributed by atoms with Gasteiger partial charge in [0.2, 0.25) is 5.91 Å². The number of thioether (sulfide) groups is 1. The van der Waals surface area contributed by atoms with Gasteiger partial charge in [-0.1, -0.05) is 30.3 Å². The van der Waals surface area contributed by atoms with Crippen LogP contribution in [0.5, 0.6) is 0 Å². The maximum atomic E-state index is 12.8. The summed E-state index contributed by atoms with van der Waals surface area (Å²) in [5.74, 6) is 0.569. The molecule has 1 heterocycles. The lowest BCUT2D eigenvalue weighted by atomic mass is 10.2. The highest BCUT2D eigenvalue weighted by molar-refractivity contribution is 7.99. The van der Waals surface area contributed by atoms with Gasteiger partial charge in [0.05, 0.1) is 10.9 Å². The Hall–Kier alpha value is -1.86. The van der Waals surface area contributed by atoms with Gasteiger partial charge in [0.25, 0.3) is 5.56 Å². The Morgan fingerprint density at radius 3 is 2.80 bits per heavy atom. The molecule has 0 aliphatic rings. The van der Waals surface area contributed by atoms with Gasteiger partial charge in [-0.15, -0.1) is 0 Å². The minimum Gasteiger partial charge on any atom is -0.385 e. The van der Waals surface area contributed by atoms with Crippen LogP contribution >= 0.6 is 11.8 Å². The average molecular weight is 363 g/mol. The smallest absolute Gasteiger partial charge is 0.262 e. The van der Waals surface area contributed by atoms with Gasteiger partial charge in [-0.2, -0.15) is 0 Å². The number of rotatable bonds is 11. The van der Waals surface area contributed by atoms with Crippen molar-refractivity contribution < 1.29 is 9.53 Å². The van der Waals surface area contributed by atoms with Crippen LogP contribution in [0.4, 0.5) is 0 Å². The quantitative estimate of drug-likeness (QED) is 0.377. The van der Waals surface area contributed by atoms with E-state index in [9.17, 15) is 9.59 Å². The van der Waals surface area contributed by atoms with Gasteiger partial charge in [-0.25, -0.2) is 4.98 Å². The highest BCUT2D eigenvalue weighted by atomic mass is 32.2. The van der Waals surface area contributed by atoms with Gasteiger partial charge < -0.3 is 10.5 Å². The summed E-state index contributed by atoms with van der Waals surface area (Å²) in [4.78, 5) is 28.3. The molecule has 25 heavy (non-hydrogen) atoms. The van der Waals surface area contributed by atoms with E-state index >= 15 is 0 Å². The van der Waals surface area contributed by atoms with Crippen molar-refractivity contribution in [3.8, 4) is 0 Å². The van der Waals surface area contributed by atoms with Gasteiger partial charge in [0.1, 0.15) is 0 Å². The van der Waals surface area contributed by atoms with Crippen LogP contribution in [0.15, 0.2) is 34.2 Å². The largest absolute Gasteiger partial charge is 0.385 e. The number of primary amides is 1. The maximum absolute atomic E-state index is 12.8. The number of amides is 1. The number of fused-ring (bicyclic) bond motifs is 1. The minimum atomic E-state index is -0.279. The van der Waals surface area contributed by atoms with E-state index in [4.69, 9.17) is 10.5 Å². The van der Waals surface area contributed by atoms with Crippen LogP contribution in [0.1, 0.15) is 32.1 Å². The van der Waals surface area contributed by atoms with E-state index < -0.39 is 0 Å². The van der Waals surface area contributed by atoms with E-state index in [0.717, 1.165) is 42.1 Å². The molecule has 1 amide bonds. The van der Waals surface area contributed by atoms with Crippen molar-refractivity contribution in [3.63, 3.8) is 0 Å². The van der Waals surface area contributed by atoms with E-state index in [-0.39, 0.29) is 11.5 Å². The summed E-state index contributed by atoms with van der Waals surface area (Å²) in [6.45, 7) is 1.29. The number of para-hydroxylation sites is 1. The number of benzene rings is 1. The molecule has 1 aromatic heterocycles. The molecule has 0 spiro atoms. The van der Waals surface area contributed by atoms with Crippen LogP contribution in [-0.2, 0) is 16.1 Å². The third kappa shape index (κ3) is 5.86. The summed E-state index contributed by atoms with van der Waals surface area (Å²) in [6, 6.07) is 7.43. The second kappa shape index (κ2) is 10.2. The molecule has 0 saturated carbocycles. The Labute approximate surface area is 151 Å². The number of ether oxygens (including phenoxy) is 1. The topological polar surface area (TPSA) is 87.2 Å². The minimum absolute atomic E-state index is 0.00487. The lowest BCUT2D eigenvalue weighted by molar-refractivity contribution is -0.118. The van der Waals surface area contributed by atoms with E-state index in [0.29, 0.717) is 25.0 Å². The molecule has 1 aromatic carbocycles. The summed E-state index contributed by atoms with van der Waals surface area (Å²) in [5, 5.41) is 1.38. The first kappa shape index (κ1) is 19.5. The number of hydrogen-bond acceptors (Lipinski definition) is 5. The first-order chi connectivity index (χ1) is 12.1. The summed E-state index contributed by atoms with van der Waals surface area (Å²) in [6.07, 6.45) is 3.72. The van der Waals surface area contributed by atoms with Crippen molar-refractivity contribution in [1.29, 1.82) is 0 Å². The summed E-state index contributed by atoms with van der Waals surface area (Å²) in [5.41, 5.74) is 5.88. The van der Waals surface area contributed by atoms with Crippen LogP contribution in [0.25, 0.3) is 10.9 Å². The van der Waals surface area contributed by atoms with Crippen LogP contribution in [0.2, 0.25) is 0 Å². The van der Waals surface area contributed by atoms with Crippen molar-refractivity contribution in [2.24, 2.45) is 5.73 Å². The monoisotopic (exact) mass is 363 g/mol. The molecule has 136 valence electrons. The molecule has 0 aliphatic carbocycles. The van der Waals surface area contributed by atoms with Crippen molar-refractivity contribution in [2.45, 2.75) is 43.8 Å². The van der Waals surface area contributed by atoms with Gasteiger partial charge in [0, 0.05) is 32.4 Å². The molecule has 0 fully saturated rings. The van der Waals surface area contributed by atoms with Gasteiger partial charge in [-0.05, 0) is 31.4 Å². The van der Waals surface area contributed by atoms with E-state index in [1.54, 1.807) is 23.4 Å². The molecule has 0 aliphatic heterocycles. The molecule has 2 rings (SSSR count). The lowest BCUT2D eigenvalue weighted by Gasteiger charge is -2.13. The van der Waals surface area contributed by atoms with Crippen LogP contribution in [0.3, 0.4) is 0 Å². The maximum Gasteiger partial charge on any atom is 0.262 e. The zero-order valence-electron chi connectivity index (χ0n) is 14.6. The molecule has 6 nitrogen and oxygen atoms in total. The fraction of sp³-hybridized carbons (Fsp3) is 0.500. The predicted molar refractivity (Wildman–Crippen MR) is 101 cm³/mol. The normalized spacial score (nSPS) is 11.1. The Morgan fingerprint density at radius 2 is 2.04 bits per heavy atom. The first-order valence-corrected chi connectivity index (χ1v) is 9.51. The molecule has 0 bridgehead atoms. The molecule has 0 radical (unpaired) electrons. The molecule has 7 heteroatoms. The lowest BCUT2D eigenvalue weighted by Crippen LogP contribution is -2.23. The number of nitrogens with two attached hydrogens (primary N) is 1. The predicted octanol–water partition coefficient (Wildman–Crippen LogP) is 2.57. The van der Waals surface area contributed by atoms with Crippen molar-refractivity contribution in [3.05, 3.63) is 34.6 Å². The van der Waals surface area contributed by atoms with Crippen LogP contribution in [-0.4, -0.2) is 34.9 Å². The number of nitrogens with zero attached hydrogens (tertiary/aromatic N) is 2.